The van der Waals surface area contributed by atoms with Crippen LogP contribution in [0, 0.1) is 19.8 Å². The zero-order valence-corrected chi connectivity index (χ0v) is 23.9. The SMILES string of the molecule is COC(=O)c1c(C)c(OC)cc(O[Si](C)(C)C(C)(C)C(C)C)c1C(S)CC(N)c1nc(C)no1. The number of hydrogen-bond donors (Lipinski definition) is 2. The predicted molar refractivity (Wildman–Crippen MR) is 138 cm³/mol. The zero-order chi connectivity index (χ0) is 26.0. The molecule has 2 N–H and O–H groups in total. The van der Waals surface area contributed by atoms with E-state index >= 15 is 0 Å². The highest BCUT2D eigenvalue weighted by molar-refractivity contribution is 7.80. The van der Waals surface area contributed by atoms with Crippen molar-refractivity contribution in [2.75, 3.05) is 14.2 Å². The van der Waals surface area contributed by atoms with E-state index in [1.165, 1.54) is 7.11 Å². The molecule has 0 saturated heterocycles. The molecular weight excluding hydrogens is 470 g/mol. The maximum atomic E-state index is 13.0. The molecular formula is C24H39N3O5SSi. The number of rotatable bonds is 10. The predicted octanol–water partition coefficient (Wildman–Crippen LogP) is 5.56. The minimum Gasteiger partial charge on any atom is -0.543 e. The third kappa shape index (κ3) is 5.60. The van der Waals surface area contributed by atoms with Crippen LogP contribution in [-0.2, 0) is 4.74 Å². The Hall–Kier alpha value is -2.04. The van der Waals surface area contributed by atoms with Gasteiger partial charge in [0.25, 0.3) is 8.32 Å². The van der Waals surface area contributed by atoms with E-state index in [2.05, 4.69) is 50.9 Å². The first-order chi connectivity index (χ1) is 15.7. The topological polar surface area (TPSA) is 110 Å². The standard InChI is InChI=1S/C24H39N3O5SSi/c1-13(2)24(5,6)34(9,10)32-18-12-17(29-7)14(3)20(23(28)30-8)21(18)19(33)11-16(25)22-26-15(4)27-31-22/h12-13,16,19,33H,11,25H2,1-10H3. The normalized spacial score (nSPS) is 14.1. The van der Waals surface area contributed by atoms with Gasteiger partial charge in [0.05, 0.1) is 25.8 Å². The molecule has 1 heterocycles. The van der Waals surface area contributed by atoms with E-state index in [9.17, 15) is 4.79 Å². The molecule has 2 rings (SSSR count). The molecule has 190 valence electrons. The highest BCUT2D eigenvalue weighted by atomic mass is 32.1. The number of aryl methyl sites for hydroxylation is 1. The van der Waals surface area contributed by atoms with E-state index in [-0.39, 0.29) is 5.04 Å². The zero-order valence-electron chi connectivity index (χ0n) is 22.0. The highest BCUT2D eigenvalue weighted by Crippen LogP contribution is 2.48. The van der Waals surface area contributed by atoms with Crippen molar-refractivity contribution in [3.63, 3.8) is 0 Å². The van der Waals surface area contributed by atoms with Crippen molar-refractivity contribution in [1.82, 2.24) is 10.1 Å². The summed E-state index contributed by atoms with van der Waals surface area (Å²) in [5.74, 6) is 1.83. The Morgan fingerprint density at radius 2 is 1.85 bits per heavy atom. The fraction of sp³-hybridized carbons (Fsp3) is 0.625. The van der Waals surface area contributed by atoms with Gasteiger partial charge in [0.15, 0.2) is 5.82 Å². The largest absolute Gasteiger partial charge is 0.543 e. The monoisotopic (exact) mass is 509 g/mol. The number of benzene rings is 1. The number of esters is 1. The van der Waals surface area contributed by atoms with Crippen molar-refractivity contribution in [2.45, 2.75) is 77.4 Å². The Bertz CT molecular complexity index is 1020. The van der Waals surface area contributed by atoms with Gasteiger partial charge in [-0.3, -0.25) is 0 Å². The van der Waals surface area contributed by atoms with Gasteiger partial charge in [0.1, 0.15) is 11.5 Å². The molecule has 1 aromatic heterocycles. The van der Waals surface area contributed by atoms with Crippen LogP contribution in [0.4, 0.5) is 0 Å². The molecule has 1 aromatic carbocycles. The summed E-state index contributed by atoms with van der Waals surface area (Å²) in [7, 11) is 0.575. The van der Waals surface area contributed by atoms with Crippen LogP contribution in [0.1, 0.15) is 78.6 Å². The molecule has 0 saturated carbocycles. The summed E-state index contributed by atoms with van der Waals surface area (Å²) in [6.07, 6.45) is 0.340. The Morgan fingerprint density at radius 3 is 2.32 bits per heavy atom. The lowest BCUT2D eigenvalue weighted by Crippen LogP contribution is -2.48. The minimum absolute atomic E-state index is 0.0579. The fourth-order valence-electron chi connectivity index (χ4n) is 3.77. The number of aromatic nitrogens is 2. The molecule has 0 aliphatic heterocycles. The van der Waals surface area contributed by atoms with Gasteiger partial charge in [0.2, 0.25) is 5.89 Å². The molecule has 0 aliphatic carbocycles. The maximum absolute atomic E-state index is 13.0. The Balaban J connectivity index is 2.67. The van der Waals surface area contributed by atoms with Crippen LogP contribution in [0.5, 0.6) is 11.5 Å². The molecule has 2 aromatic rings. The van der Waals surface area contributed by atoms with Crippen LogP contribution < -0.4 is 14.9 Å². The van der Waals surface area contributed by atoms with Crippen molar-refractivity contribution in [1.29, 1.82) is 0 Å². The van der Waals surface area contributed by atoms with E-state index in [1.807, 2.05) is 13.0 Å². The fourth-order valence-corrected chi connectivity index (χ4v) is 6.63. The Labute approximate surface area is 209 Å². The van der Waals surface area contributed by atoms with E-state index in [0.29, 0.717) is 52.2 Å². The summed E-state index contributed by atoms with van der Waals surface area (Å²) >= 11 is 4.88. The van der Waals surface area contributed by atoms with Crippen LogP contribution in [0.2, 0.25) is 18.1 Å². The quantitative estimate of drug-likeness (QED) is 0.243. The molecule has 0 fully saturated rings. The van der Waals surface area contributed by atoms with Gasteiger partial charge in [0, 0.05) is 22.4 Å². The summed E-state index contributed by atoms with van der Waals surface area (Å²) in [6.45, 7) is 16.8. The molecule has 34 heavy (non-hydrogen) atoms. The van der Waals surface area contributed by atoms with Gasteiger partial charge in [-0.1, -0.05) is 32.9 Å². The average Bonchev–Trinajstić information content (AvgIpc) is 3.19. The first-order valence-corrected chi connectivity index (χ1v) is 14.8. The average molecular weight is 510 g/mol. The van der Waals surface area contributed by atoms with Gasteiger partial charge in [-0.05, 0) is 44.3 Å². The lowest BCUT2D eigenvalue weighted by atomic mass is 9.94. The Morgan fingerprint density at radius 1 is 1.24 bits per heavy atom. The smallest absolute Gasteiger partial charge is 0.338 e. The summed E-state index contributed by atoms with van der Waals surface area (Å²) < 4.78 is 22.8. The molecule has 0 spiro atoms. The van der Waals surface area contributed by atoms with Crippen molar-refractivity contribution < 1.29 is 23.2 Å². The molecule has 10 heteroatoms. The van der Waals surface area contributed by atoms with Gasteiger partial charge in [-0.2, -0.15) is 17.6 Å². The Kier molecular flexibility index (Phi) is 8.87. The number of nitrogens with zero attached hydrogens (tertiary/aromatic N) is 2. The van der Waals surface area contributed by atoms with Crippen molar-refractivity contribution in [3.8, 4) is 11.5 Å². The third-order valence-electron chi connectivity index (χ3n) is 7.18. The summed E-state index contributed by atoms with van der Waals surface area (Å²) in [6, 6.07) is 1.27. The minimum atomic E-state index is -2.35. The second kappa shape index (κ2) is 10.7. The number of methoxy groups -OCH3 is 2. The molecule has 0 bridgehead atoms. The number of carbonyl (C=O) groups excluding carboxylic acids is 1. The summed E-state index contributed by atoms with van der Waals surface area (Å²) in [5.41, 5.74) is 8.02. The highest BCUT2D eigenvalue weighted by Gasteiger charge is 2.46. The first kappa shape index (κ1) is 28.2. The molecule has 2 unspecified atom stereocenters. The van der Waals surface area contributed by atoms with Gasteiger partial charge < -0.3 is 24.2 Å². The van der Waals surface area contributed by atoms with Crippen LogP contribution >= 0.6 is 12.6 Å². The number of nitrogens with two attached hydrogens (primary N) is 1. The second-order valence-corrected chi connectivity index (χ2v) is 15.1. The van der Waals surface area contributed by atoms with Crippen molar-refractivity contribution >= 4 is 26.9 Å². The van der Waals surface area contributed by atoms with Crippen LogP contribution in [0.15, 0.2) is 10.6 Å². The molecule has 0 radical (unpaired) electrons. The molecule has 8 nitrogen and oxygen atoms in total. The van der Waals surface area contributed by atoms with Gasteiger partial charge in [-0.25, -0.2) is 4.79 Å². The third-order valence-corrected chi connectivity index (χ3v) is 12.1. The van der Waals surface area contributed by atoms with E-state index in [0.717, 1.165) is 0 Å². The van der Waals surface area contributed by atoms with E-state index in [1.54, 1.807) is 14.0 Å². The van der Waals surface area contributed by atoms with Crippen LogP contribution in [0.25, 0.3) is 0 Å². The summed E-state index contributed by atoms with van der Waals surface area (Å²) in [5, 5.41) is 3.29. The van der Waals surface area contributed by atoms with Gasteiger partial charge >= 0.3 is 5.97 Å². The van der Waals surface area contributed by atoms with E-state index in [4.69, 9.17) is 36.8 Å². The van der Waals surface area contributed by atoms with Crippen LogP contribution in [-0.4, -0.2) is 38.6 Å². The summed E-state index contributed by atoms with van der Waals surface area (Å²) in [4.78, 5) is 17.2. The number of hydrogen-bond acceptors (Lipinski definition) is 9. The lowest BCUT2D eigenvalue weighted by Gasteiger charge is -2.43. The molecule has 2 atom stereocenters. The molecule has 0 aliphatic rings. The van der Waals surface area contributed by atoms with Crippen molar-refractivity contribution in [3.05, 3.63) is 34.5 Å². The number of ether oxygens (including phenoxy) is 2. The van der Waals surface area contributed by atoms with Crippen LogP contribution in [0.3, 0.4) is 0 Å². The second-order valence-electron chi connectivity index (χ2n) is 10.0. The first-order valence-electron chi connectivity index (χ1n) is 11.4. The number of thiol groups is 1. The lowest BCUT2D eigenvalue weighted by molar-refractivity contribution is 0.0597. The number of carbonyl (C=O) groups is 1. The van der Waals surface area contributed by atoms with Gasteiger partial charge in [-0.15, -0.1) is 0 Å². The van der Waals surface area contributed by atoms with E-state index < -0.39 is 25.6 Å². The van der Waals surface area contributed by atoms with Crippen molar-refractivity contribution in [2.24, 2.45) is 11.7 Å². The maximum Gasteiger partial charge on any atom is 0.338 e. The molecule has 0 amide bonds.